The van der Waals surface area contributed by atoms with Crippen LogP contribution in [0.15, 0.2) is 16.8 Å². The lowest BCUT2D eigenvalue weighted by molar-refractivity contribution is -0.143. The molecule has 1 spiro atoms. The van der Waals surface area contributed by atoms with Gasteiger partial charge in [-0.25, -0.2) is 0 Å². The van der Waals surface area contributed by atoms with E-state index in [2.05, 4.69) is 16.8 Å². The van der Waals surface area contributed by atoms with Crippen molar-refractivity contribution < 1.29 is 14.3 Å². The van der Waals surface area contributed by atoms with E-state index in [9.17, 15) is 9.59 Å². The van der Waals surface area contributed by atoms with E-state index in [1.54, 1.807) is 18.4 Å². The molecule has 0 aromatic carbocycles. The molecule has 1 aromatic heterocycles. The van der Waals surface area contributed by atoms with Gasteiger partial charge < -0.3 is 14.5 Å². The Morgan fingerprint density at radius 1 is 1.36 bits per heavy atom. The fourth-order valence-electron chi connectivity index (χ4n) is 4.11. The number of piperidine rings is 2. The summed E-state index contributed by atoms with van der Waals surface area (Å²) >= 11 is 1.68. The van der Waals surface area contributed by atoms with Crippen LogP contribution in [0, 0.1) is 5.41 Å². The number of ether oxygens (including phenoxy) is 1. The molecule has 138 valence electrons. The largest absolute Gasteiger partial charge is 0.383 e. The fourth-order valence-corrected chi connectivity index (χ4v) is 4.81. The lowest BCUT2D eigenvalue weighted by atomic mass is 9.73. The zero-order chi connectivity index (χ0) is 17.7. The predicted octanol–water partition coefficient (Wildman–Crippen LogP) is 2.56. The third-order valence-corrected chi connectivity index (χ3v) is 6.27. The first-order valence-electron chi connectivity index (χ1n) is 9.17. The number of likely N-dealkylation sites (tertiary alicyclic amines) is 2. The Labute approximate surface area is 153 Å². The van der Waals surface area contributed by atoms with Crippen LogP contribution in [0.3, 0.4) is 0 Å². The molecule has 0 aliphatic carbocycles. The zero-order valence-electron chi connectivity index (χ0n) is 15.0. The van der Waals surface area contributed by atoms with Gasteiger partial charge in [0.05, 0.1) is 6.61 Å². The summed E-state index contributed by atoms with van der Waals surface area (Å²) in [5.41, 5.74) is 1.33. The Kier molecular flexibility index (Phi) is 6.12. The van der Waals surface area contributed by atoms with Crippen LogP contribution in [0.1, 0.15) is 37.7 Å². The number of carbonyl (C=O) groups is 2. The smallest absolute Gasteiger partial charge is 0.222 e. The van der Waals surface area contributed by atoms with Gasteiger partial charge in [-0.2, -0.15) is 11.3 Å². The van der Waals surface area contributed by atoms with E-state index >= 15 is 0 Å². The van der Waals surface area contributed by atoms with Crippen molar-refractivity contribution in [3.05, 3.63) is 22.4 Å². The Hall–Kier alpha value is -1.40. The van der Waals surface area contributed by atoms with Gasteiger partial charge in [0.25, 0.3) is 0 Å². The quantitative estimate of drug-likeness (QED) is 0.779. The van der Waals surface area contributed by atoms with Gasteiger partial charge in [-0.3, -0.25) is 9.59 Å². The summed E-state index contributed by atoms with van der Waals surface area (Å²) in [7, 11) is 1.67. The van der Waals surface area contributed by atoms with Gasteiger partial charge in [0, 0.05) is 51.5 Å². The van der Waals surface area contributed by atoms with E-state index in [1.807, 2.05) is 9.80 Å². The summed E-state index contributed by atoms with van der Waals surface area (Å²) in [5.74, 6) is 0.481. The number of thiophene rings is 1. The standard InChI is InChI=1S/C19H28N2O3S/c1-24-11-10-21-15-19(8-5-18(21)23)7-2-9-20(14-19)17(22)4-3-16-6-12-25-13-16/h6,12-13H,2-5,7-11,14-15H2,1H3/t19-/m1/s1. The maximum atomic E-state index is 12.7. The molecule has 0 radical (unpaired) electrons. The van der Waals surface area contributed by atoms with Gasteiger partial charge in [0.2, 0.25) is 11.8 Å². The fraction of sp³-hybridized carbons (Fsp3) is 0.684. The Morgan fingerprint density at radius 3 is 3.00 bits per heavy atom. The Balaban J connectivity index is 1.57. The molecule has 25 heavy (non-hydrogen) atoms. The second-order valence-electron chi connectivity index (χ2n) is 7.36. The van der Waals surface area contributed by atoms with Crippen molar-refractivity contribution in [1.29, 1.82) is 0 Å². The maximum absolute atomic E-state index is 12.7. The van der Waals surface area contributed by atoms with Gasteiger partial charge in [-0.15, -0.1) is 0 Å². The van der Waals surface area contributed by atoms with Crippen LogP contribution in [0.4, 0.5) is 0 Å². The van der Waals surface area contributed by atoms with Gasteiger partial charge in [-0.05, 0) is 48.1 Å². The average molecular weight is 365 g/mol. The molecule has 1 atom stereocenters. The number of hydrogen-bond donors (Lipinski definition) is 0. The molecular weight excluding hydrogens is 336 g/mol. The predicted molar refractivity (Wildman–Crippen MR) is 98.6 cm³/mol. The Morgan fingerprint density at radius 2 is 2.24 bits per heavy atom. The summed E-state index contributed by atoms with van der Waals surface area (Å²) in [6.45, 7) is 3.65. The van der Waals surface area contributed by atoms with E-state index < -0.39 is 0 Å². The molecule has 2 aliphatic heterocycles. The lowest BCUT2D eigenvalue weighted by Crippen LogP contribution is -2.55. The molecule has 0 N–H and O–H groups in total. The molecule has 0 unspecified atom stereocenters. The van der Waals surface area contributed by atoms with Crippen molar-refractivity contribution in [2.24, 2.45) is 5.41 Å². The first-order chi connectivity index (χ1) is 12.1. The van der Waals surface area contributed by atoms with Gasteiger partial charge in [-0.1, -0.05) is 0 Å². The first-order valence-corrected chi connectivity index (χ1v) is 10.1. The van der Waals surface area contributed by atoms with E-state index in [-0.39, 0.29) is 17.2 Å². The second-order valence-corrected chi connectivity index (χ2v) is 8.14. The highest BCUT2D eigenvalue weighted by Crippen LogP contribution is 2.39. The number of rotatable bonds is 6. The zero-order valence-corrected chi connectivity index (χ0v) is 15.9. The van der Waals surface area contributed by atoms with Gasteiger partial charge in [0.15, 0.2) is 0 Å². The monoisotopic (exact) mass is 364 g/mol. The second kappa shape index (κ2) is 8.32. The normalized spacial score (nSPS) is 24.1. The minimum Gasteiger partial charge on any atom is -0.383 e. The third-order valence-electron chi connectivity index (χ3n) is 5.54. The topological polar surface area (TPSA) is 49.9 Å². The van der Waals surface area contributed by atoms with Crippen LogP contribution >= 0.6 is 11.3 Å². The summed E-state index contributed by atoms with van der Waals surface area (Å²) in [4.78, 5) is 28.8. The summed E-state index contributed by atoms with van der Waals surface area (Å²) in [6.07, 6.45) is 5.06. The summed E-state index contributed by atoms with van der Waals surface area (Å²) < 4.78 is 5.14. The van der Waals surface area contributed by atoms with Gasteiger partial charge >= 0.3 is 0 Å². The molecule has 5 nitrogen and oxygen atoms in total. The van der Waals surface area contributed by atoms with Crippen LogP contribution < -0.4 is 0 Å². The third kappa shape index (κ3) is 4.61. The number of amides is 2. The first kappa shape index (κ1) is 18.4. The highest BCUT2D eigenvalue weighted by molar-refractivity contribution is 7.07. The molecule has 2 amide bonds. The van der Waals surface area contributed by atoms with Crippen LogP contribution in [0.2, 0.25) is 0 Å². The van der Waals surface area contributed by atoms with Crippen LogP contribution in [0.25, 0.3) is 0 Å². The molecule has 6 heteroatoms. The van der Waals surface area contributed by atoms with Gasteiger partial charge in [0.1, 0.15) is 0 Å². The van der Waals surface area contributed by atoms with Crippen LogP contribution in [-0.4, -0.2) is 61.5 Å². The minimum absolute atomic E-state index is 0.0813. The molecule has 0 saturated carbocycles. The van der Waals surface area contributed by atoms with Crippen LogP contribution in [-0.2, 0) is 20.7 Å². The molecule has 3 heterocycles. The minimum atomic E-state index is 0.0813. The van der Waals surface area contributed by atoms with Crippen molar-refractivity contribution >= 4 is 23.2 Å². The van der Waals surface area contributed by atoms with E-state index in [0.29, 0.717) is 26.0 Å². The molecule has 2 fully saturated rings. The number of aryl methyl sites for hydroxylation is 1. The SMILES string of the molecule is COCCN1C[C@]2(CCCN(C(=O)CCc3ccsc3)C2)CCC1=O. The Bertz CT molecular complexity index is 589. The highest BCUT2D eigenvalue weighted by atomic mass is 32.1. The molecule has 1 aromatic rings. The highest BCUT2D eigenvalue weighted by Gasteiger charge is 2.42. The molecule has 0 bridgehead atoms. The summed E-state index contributed by atoms with van der Waals surface area (Å²) in [5, 5.41) is 4.18. The van der Waals surface area contributed by atoms with Crippen molar-refractivity contribution in [3.63, 3.8) is 0 Å². The average Bonchev–Trinajstić information content (AvgIpc) is 3.14. The van der Waals surface area contributed by atoms with Crippen LogP contribution in [0.5, 0.6) is 0 Å². The summed E-state index contributed by atoms with van der Waals surface area (Å²) in [6, 6.07) is 2.09. The number of nitrogens with zero attached hydrogens (tertiary/aromatic N) is 2. The lowest BCUT2D eigenvalue weighted by Gasteiger charge is -2.48. The molecule has 3 rings (SSSR count). The van der Waals surface area contributed by atoms with Crippen molar-refractivity contribution in [3.8, 4) is 0 Å². The maximum Gasteiger partial charge on any atom is 0.222 e. The number of hydrogen-bond acceptors (Lipinski definition) is 4. The molecule has 2 saturated heterocycles. The molecular formula is C19H28N2O3S. The number of methoxy groups -OCH3 is 1. The van der Waals surface area contributed by atoms with Crippen molar-refractivity contribution in [2.75, 3.05) is 39.9 Å². The van der Waals surface area contributed by atoms with Crippen molar-refractivity contribution in [1.82, 2.24) is 9.80 Å². The number of carbonyl (C=O) groups excluding carboxylic acids is 2. The van der Waals surface area contributed by atoms with E-state index in [1.165, 1.54) is 5.56 Å². The van der Waals surface area contributed by atoms with E-state index in [4.69, 9.17) is 4.74 Å². The van der Waals surface area contributed by atoms with Crippen molar-refractivity contribution in [2.45, 2.75) is 38.5 Å². The molecule has 2 aliphatic rings. The van der Waals surface area contributed by atoms with E-state index in [0.717, 1.165) is 45.3 Å².